The number of rotatable bonds is 13. The first-order valence-corrected chi connectivity index (χ1v) is 11.1. The minimum Gasteiger partial charge on any atom is -0.480 e. The van der Waals surface area contributed by atoms with Crippen molar-refractivity contribution in [2.24, 2.45) is 0 Å². The number of alkyl carbamates (subject to hydrolysis) is 2. The predicted octanol–water partition coefficient (Wildman–Crippen LogP) is 2.77. The number of benzene rings is 1. The number of unbranched alkanes of at least 4 members (excludes halogenated alkanes) is 1. The van der Waals surface area contributed by atoms with E-state index in [0.29, 0.717) is 19.4 Å². The van der Waals surface area contributed by atoms with Crippen molar-refractivity contribution in [3.05, 3.63) is 48.6 Å². The van der Waals surface area contributed by atoms with Crippen LogP contribution < -0.4 is 16.0 Å². The Kier molecular flexibility index (Phi) is 12.2. The van der Waals surface area contributed by atoms with Crippen LogP contribution in [0.4, 0.5) is 9.59 Å². The van der Waals surface area contributed by atoms with Crippen LogP contribution in [0.2, 0.25) is 0 Å². The molecule has 0 radical (unpaired) electrons. The molecule has 1 aromatic rings. The molecule has 1 aromatic carbocycles. The standard InChI is InChI=1S/C24H35N3O7/c1-5-15-33-23(32)27-19(16-17-11-7-6-8-12-17)20(28)26-18(21(29)30)13-9-10-14-25-22(31)34-24(2,3)4/h5-8,11-12,18-19H,1,9-10,13-16H2,2-4H3,(H,25,31)(H,26,28)(H,27,32)(H,29,30)/t18-,19-/m0/s1. The lowest BCUT2D eigenvalue weighted by atomic mass is 10.0. The Bertz CT molecular complexity index is 822. The number of carbonyl (C=O) groups is 4. The fourth-order valence-electron chi connectivity index (χ4n) is 2.89. The van der Waals surface area contributed by atoms with E-state index in [1.807, 2.05) is 6.07 Å². The number of nitrogens with one attached hydrogen (secondary N) is 3. The fourth-order valence-corrected chi connectivity index (χ4v) is 2.89. The smallest absolute Gasteiger partial charge is 0.408 e. The second-order valence-corrected chi connectivity index (χ2v) is 8.60. The second kappa shape index (κ2) is 14.6. The van der Waals surface area contributed by atoms with Crippen molar-refractivity contribution in [1.29, 1.82) is 0 Å². The van der Waals surface area contributed by atoms with E-state index in [2.05, 4.69) is 22.5 Å². The molecule has 2 atom stereocenters. The zero-order valence-corrected chi connectivity index (χ0v) is 20.0. The molecule has 10 nitrogen and oxygen atoms in total. The van der Waals surface area contributed by atoms with E-state index in [0.717, 1.165) is 5.56 Å². The third-order valence-corrected chi connectivity index (χ3v) is 4.43. The van der Waals surface area contributed by atoms with Crippen molar-refractivity contribution in [3.8, 4) is 0 Å². The first-order valence-electron chi connectivity index (χ1n) is 11.1. The Labute approximate surface area is 200 Å². The SMILES string of the molecule is C=CCOC(=O)N[C@@H](Cc1ccccc1)C(=O)N[C@@H](CCCCNC(=O)OC(C)(C)C)C(=O)O. The molecule has 0 fully saturated rings. The van der Waals surface area contributed by atoms with Crippen LogP contribution in [0.1, 0.15) is 45.6 Å². The third kappa shape index (κ3) is 12.5. The van der Waals surface area contributed by atoms with Crippen molar-refractivity contribution in [3.63, 3.8) is 0 Å². The number of hydrogen-bond donors (Lipinski definition) is 4. The van der Waals surface area contributed by atoms with Crippen LogP contribution in [0.3, 0.4) is 0 Å². The van der Waals surface area contributed by atoms with Gasteiger partial charge in [-0.2, -0.15) is 0 Å². The van der Waals surface area contributed by atoms with Gasteiger partial charge in [-0.1, -0.05) is 43.0 Å². The molecule has 34 heavy (non-hydrogen) atoms. The van der Waals surface area contributed by atoms with E-state index in [1.165, 1.54) is 6.08 Å². The summed E-state index contributed by atoms with van der Waals surface area (Å²) >= 11 is 0. The molecule has 0 spiro atoms. The summed E-state index contributed by atoms with van der Waals surface area (Å²) < 4.78 is 10.0. The topological polar surface area (TPSA) is 143 Å². The van der Waals surface area contributed by atoms with E-state index in [4.69, 9.17) is 9.47 Å². The van der Waals surface area contributed by atoms with Crippen LogP contribution in [-0.4, -0.2) is 60.0 Å². The van der Waals surface area contributed by atoms with Crippen LogP contribution in [0.5, 0.6) is 0 Å². The van der Waals surface area contributed by atoms with Gasteiger partial charge in [-0.3, -0.25) is 4.79 Å². The maximum Gasteiger partial charge on any atom is 0.408 e. The Morgan fingerprint density at radius 3 is 2.29 bits per heavy atom. The van der Waals surface area contributed by atoms with Crippen molar-refractivity contribution in [2.75, 3.05) is 13.2 Å². The lowest BCUT2D eigenvalue weighted by Crippen LogP contribution is -2.52. The Morgan fingerprint density at radius 2 is 1.71 bits per heavy atom. The Morgan fingerprint density at radius 1 is 1.03 bits per heavy atom. The molecule has 0 aliphatic rings. The van der Waals surface area contributed by atoms with Gasteiger partial charge in [-0.05, 0) is 45.6 Å². The van der Waals surface area contributed by atoms with Crippen molar-refractivity contribution in [2.45, 2.75) is 64.1 Å². The van der Waals surface area contributed by atoms with Gasteiger partial charge in [0.1, 0.15) is 24.3 Å². The van der Waals surface area contributed by atoms with Gasteiger partial charge in [0.05, 0.1) is 0 Å². The van der Waals surface area contributed by atoms with Crippen molar-refractivity contribution in [1.82, 2.24) is 16.0 Å². The van der Waals surface area contributed by atoms with Gasteiger partial charge in [-0.25, -0.2) is 14.4 Å². The summed E-state index contributed by atoms with van der Waals surface area (Å²) in [7, 11) is 0. The molecule has 0 bridgehead atoms. The summed E-state index contributed by atoms with van der Waals surface area (Å²) in [5.74, 6) is -1.83. The first kappa shape index (κ1) is 28.5. The summed E-state index contributed by atoms with van der Waals surface area (Å²) in [4.78, 5) is 48.2. The van der Waals surface area contributed by atoms with Gasteiger partial charge in [0.2, 0.25) is 5.91 Å². The largest absolute Gasteiger partial charge is 0.480 e. The molecule has 0 aliphatic heterocycles. The van der Waals surface area contributed by atoms with Gasteiger partial charge in [-0.15, -0.1) is 0 Å². The average molecular weight is 478 g/mol. The first-order chi connectivity index (χ1) is 16.0. The molecule has 0 heterocycles. The number of carboxylic acids is 1. The Balaban J connectivity index is 2.64. The number of amides is 3. The number of carboxylic acid groups (broad SMARTS) is 1. The molecule has 188 valence electrons. The molecule has 3 amide bonds. The minimum atomic E-state index is -1.19. The highest BCUT2D eigenvalue weighted by Gasteiger charge is 2.27. The van der Waals surface area contributed by atoms with Gasteiger partial charge >= 0.3 is 18.2 Å². The monoisotopic (exact) mass is 477 g/mol. The highest BCUT2D eigenvalue weighted by molar-refractivity contribution is 5.89. The normalized spacial score (nSPS) is 12.6. The molecule has 1 rings (SSSR count). The lowest BCUT2D eigenvalue weighted by molar-refractivity contribution is -0.142. The second-order valence-electron chi connectivity index (χ2n) is 8.60. The summed E-state index contributed by atoms with van der Waals surface area (Å²) in [6, 6.07) is 6.82. The van der Waals surface area contributed by atoms with Gasteiger partial charge in [0.15, 0.2) is 0 Å². The quantitative estimate of drug-likeness (QED) is 0.253. The van der Waals surface area contributed by atoms with Crippen molar-refractivity contribution >= 4 is 24.1 Å². The van der Waals surface area contributed by atoms with E-state index >= 15 is 0 Å². The summed E-state index contributed by atoms with van der Waals surface area (Å²) in [6.45, 7) is 9.01. The van der Waals surface area contributed by atoms with Crippen molar-refractivity contribution < 1.29 is 33.8 Å². The average Bonchev–Trinajstić information content (AvgIpc) is 2.75. The highest BCUT2D eigenvalue weighted by Crippen LogP contribution is 2.08. The maximum atomic E-state index is 12.8. The lowest BCUT2D eigenvalue weighted by Gasteiger charge is -2.21. The van der Waals surface area contributed by atoms with Crippen LogP contribution in [0, 0.1) is 0 Å². The molecule has 0 saturated heterocycles. The maximum absolute atomic E-state index is 12.8. The van der Waals surface area contributed by atoms with Gasteiger partial charge in [0.25, 0.3) is 0 Å². The molecule has 10 heteroatoms. The van der Waals surface area contributed by atoms with E-state index in [-0.39, 0.29) is 19.4 Å². The van der Waals surface area contributed by atoms with E-state index in [1.54, 1.807) is 45.0 Å². The number of ether oxygens (including phenoxy) is 2. The molecular formula is C24H35N3O7. The van der Waals surface area contributed by atoms with E-state index < -0.39 is 41.7 Å². The summed E-state index contributed by atoms with van der Waals surface area (Å²) in [5.41, 5.74) is 0.178. The number of carbonyl (C=O) groups excluding carboxylic acids is 3. The van der Waals surface area contributed by atoms with Gasteiger partial charge in [0, 0.05) is 13.0 Å². The molecule has 0 saturated carbocycles. The van der Waals surface area contributed by atoms with E-state index in [9.17, 15) is 24.3 Å². The summed E-state index contributed by atoms with van der Waals surface area (Å²) in [5, 5.41) is 17.1. The zero-order valence-electron chi connectivity index (χ0n) is 20.0. The number of aliphatic carboxylic acids is 1. The summed E-state index contributed by atoms with van der Waals surface area (Å²) in [6.07, 6.45) is 1.27. The fraction of sp³-hybridized carbons (Fsp3) is 0.500. The zero-order chi connectivity index (χ0) is 25.6. The number of hydrogen-bond acceptors (Lipinski definition) is 6. The van der Waals surface area contributed by atoms with Gasteiger partial charge < -0.3 is 30.5 Å². The van der Waals surface area contributed by atoms with Crippen LogP contribution >= 0.6 is 0 Å². The highest BCUT2D eigenvalue weighted by atomic mass is 16.6. The van der Waals surface area contributed by atoms with Crippen LogP contribution in [0.15, 0.2) is 43.0 Å². The third-order valence-electron chi connectivity index (χ3n) is 4.43. The molecule has 4 N–H and O–H groups in total. The van der Waals surface area contributed by atoms with Crippen LogP contribution in [0.25, 0.3) is 0 Å². The molecular weight excluding hydrogens is 442 g/mol. The molecule has 0 aliphatic carbocycles. The molecule has 0 aromatic heterocycles. The predicted molar refractivity (Wildman–Crippen MR) is 126 cm³/mol. The minimum absolute atomic E-state index is 0.0272. The Hall–Kier alpha value is -3.56. The molecule has 0 unspecified atom stereocenters. The van der Waals surface area contributed by atoms with Crippen LogP contribution in [-0.2, 0) is 25.5 Å².